The fraction of sp³-hybridized carbons (Fsp3) is 0.273. The molecule has 0 saturated heterocycles. The predicted molar refractivity (Wildman–Crippen MR) is 59.4 cm³/mol. The first kappa shape index (κ1) is 16.2. The van der Waals surface area contributed by atoms with Gasteiger partial charge in [0, 0.05) is 10.5 Å². The van der Waals surface area contributed by atoms with E-state index in [4.69, 9.17) is 10.4 Å². The molecule has 1 aromatic carbocycles. The minimum atomic E-state index is -4.86. The molecule has 0 aliphatic carbocycles. The van der Waals surface area contributed by atoms with Crippen molar-refractivity contribution in [1.82, 2.24) is 0 Å². The highest BCUT2D eigenvalue weighted by molar-refractivity contribution is 8.00. The predicted octanol–water partition coefficient (Wildman–Crippen LogP) is 3.73. The monoisotopic (exact) mass is 311 g/mol. The van der Waals surface area contributed by atoms with Crippen LogP contribution in [0.4, 0.5) is 22.0 Å². The lowest BCUT2D eigenvalue weighted by molar-refractivity contribution is -0.136. The molecule has 0 spiro atoms. The number of carboxylic acids is 1. The summed E-state index contributed by atoms with van der Waals surface area (Å²) in [5, 5.41) is 17.4. The third-order valence-electron chi connectivity index (χ3n) is 2.18. The lowest BCUT2D eigenvalue weighted by Gasteiger charge is -2.14. The summed E-state index contributed by atoms with van der Waals surface area (Å²) in [5.41, 5.74) is -6.74. The Balaban J connectivity index is 3.47. The summed E-state index contributed by atoms with van der Waals surface area (Å²) in [6.07, 6.45) is -3.93. The van der Waals surface area contributed by atoms with Crippen molar-refractivity contribution < 1.29 is 31.9 Å². The van der Waals surface area contributed by atoms with E-state index < -0.39 is 52.1 Å². The van der Waals surface area contributed by atoms with Crippen LogP contribution >= 0.6 is 11.8 Å². The normalized spacial score (nSPS) is 11.4. The average molecular weight is 311 g/mol. The highest BCUT2D eigenvalue weighted by Crippen LogP contribution is 2.43. The first-order valence-electron chi connectivity index (χ1n) is 4.97. The van der Waals surface area contributed by atoms with Crippen LogP contribution in [0.3, 0.4) is 0 Å². The van der Waals surface area contributed by atoms with Crippen LogP contribution in [-0.4, -0.2) is 16.6 Å². The molecule has 1 aromatic rings. The Labute approximate surface area is 114 Å². The zero-order valence-corrected chi connectivity index (χ0v) is 10.4. The van der Waals surface area contributed by atoms with E-state index in [1.807, 2.05) is 0 Å². The van der Waals surface area contributed by atoms with Crippen molar-refractivity contribution in [2.24, 2.45) is 0 Å². The molecule has 108 valence electrons. The quantitative estimate of drug-likeness (QED) is 0.680. The van der Waals surface area contributed by atoms with Crippen LogP contribution in [0, 0.1) is 11.3 Å². The third-order valence-corrected chi connectivity index (χ3v) is 3.06. The summed E-state index contributed by atoms with van der Waals surface area (Å²) in [6, 6.07) is 3.00. The van der Waals surface area contributed by atoms with Crippen LogP contribution < -0.4 is 0 Å². The zero-order chi connectivity index (χ0) is 15.5. The van der Waals surface area contributed by atoms with Gasteiger partial charge in [0.05, 0.1) is 12.0 Å². The van der Waals surface area contributed by atoms with E-state index in [0.29, 0.717) is 6.07 Å². The number of carbonyl (C=O) groups is 1. The van der Waals surface area contributed by atoms with E-state index >= 15 is 0 Å². The topological polar surface area (TPSA) is 61.1 Å². The molecule has 0 heterocycles. The number of nitriles is 1. The van der Waals surface area contributed by atoms with Crippen molar-refractivity contribution in [2.45, 2.75) is 23.3 Å². The second-order valence-corrected chi connectivity index (χ2v) is 4.62. The molecule has 0 radical (unpaired) electrons. The number of thioether (sulfide) groups is 1. The lowest BCUT2D eigenvalue weighted by Crippen LogP contribution is -2.08. The summed E-state index contributed by atoms with van der Waals surface area (Å²) in [4.78, 5) is 9.62. The van der Waals surface area contributed by atoms with Gasteiger partial charge in [0.1, 0.15) is 6.07 Å². The van der Waals surface area contributed by atoms with Crippen LogP contribution in [0.1, 0.15) is 23.1 Å². The summed E-state index contributed by atoms with van der Waals surface area (Å²) in [6.45, 7) is 0. The van der Waals surface area contributed by atoms with Crippen molar-refractivity contribution >= 4 is 17.7 Å². The Morgan fingerprint density at radius 2 is 2.00 bits per heavy atom. The van der Waals surface area contributed by atoms with Crippen molar-refractivity contribution in [3.05, 3.63) is 28.8 Å². The Morgan fingerprint density at radius 3 is 2.40 bits per heavy atom. The maximum Gasteiger partial charge on any atom is 0.446 e. The molecule has 0 aliphatic heterocycles. The largest absolute Gasteiger partial charge is 0.481 e. The van der Waals surface area contributed by atoms with Gasteiger partial charge in [0.15, 0.2) is 0 Å². The molecule has 0 atom stereocenters. The smallest absolute Gasteiger partial charge is 0.446 e. The van der Waals surface area contributed by atoms with Crippen molar-refractivity contribution in [1.29, 1.82) is 5.26 Å². The number of alkyl halides is 5. The maximum absolute atomic E-state index is 12.7. The van der Waals surface area contributed by atoms with Crippen LogP contribution in [0.25, 0.3) is 0 Å². The van der Waals surface area contributed by atoms with E-state index in [1.165, 1.54) is 6.07 Å². The number of hydrogen-bond acceptors (Lipinski definition) is 3. The van der Waals surface area contributed by atoms with Gasteiger partial charge in [0.25, 0.3) is 6.43 Å². The Bertz CT molecular complexity index is 565. The fourth-order valence-corrected chi connectivity index (χ4v) is 2.26. The van der Waals surface area contributed by atoms with Crippen LogP contribution in [0.15, 0.2) is 17.0 Å². The average Bonchev–Trinajstić information content (AvgIpc) is 2.25. The zero-order valence-electron chi connectivity index (χ0n) is 9.54. The third kappa shape index (κ3) is 4.09. The second kappa shape index (κ2) is 6.09. The fourth-order valence-electron chi connectivity index (χ4n) is 1.47. The highest BCUT2D eigenvalue weighted by Gasteiger charge is 2.34. The highest BCUT2D eigenvalue weighted by atomic mass is 32.2. The molecule has 0 fully saturated rings. The summed E-state index contributed by atoms with van der Waals surface area (Å²) in [5.74, 6) is -1.38. The first-order valence-corrected chi connectivity index (χ1v) is 5.79. The van der Waals surface area contributed by atoms with Gasteiger partial charge >= 0.3 is 11.5 Å². The molecule has 1 rings (SSSR count). The number of hydrogen-bond donors (Lipinski definition) is 1. The van der Waals surface area contributed by atoms with E-state index in [9.17, 15) is 26.7 Å². The summed E-state index contributed by atoms with van der Waals surface area (Å²) < 4.78 is 62.6. The number of rotatable bonds is 4. The lowest BCUT2D eigenvalue weighted by atomic mass is 10.0. The molecule has 0 unspecified atom stereocenters. The van der Waals surface area contributed by atoms with Gasteiger partial charge in [-0.3, -0.25) is 4.79 Å². The number of carboxylic acid groups (broad SMARTS) is 1. The molecular weight excluding hydrogens is 305 g/mol. The van der Waals surface area contributed by atoms with Gasteiger partial charge in [-0.1, -0.05) is 12.1 Å². The standard InChI is InChI=1S/C11H6F5NO2S/c12-10(13)6-2-1-5(3-8(18)19)7(4-17)9(6)20-11(14,15)16/h1-2,10H,3H2,(H,18,19). The first-order chi connectivity index (χ1) is 9.15. The van der Waals surface area contributed by atoms with E-state index in [1.54, 1.807) is 0 Å². The molecule has 0 bridgehead atoms. The van der Waals surface area contributed by atoms with Gasteiger partial charge in [0.2, 0.25) is 0 Å². The van der Waals surface area contributed by atoms with Crippen LogP contribution in [0.2, 0.25) is 0 Å². The van der Waals surface area contributed by atoms with Gasteiger partial charge in [-0.2, -0.15) is 18.4 Å². The minimum absolute atomic E-state index is 0.240. The van der Waals surface area contributed by atoms with Gasteiger partial charge in [-0.05, 0) is 17.3 Å². The molecule has 1 N–H and O–H groups in total. The Hall–Kier alpha value is -1.82. The molecule has 0 aliphatic rings. The maximum atomic E-state index is 12.7. The Kier molecular flexibility index (Phi) is 4.94. The van der Waals surface area contributed by atoms with Gasteiger partial charge in [-0.15, -0.1) is 0 Å². The molecule has 0 saturated carbocycles. The Morgan fingerprint density at radius 1 is 1.40 bits per heavy atom. The number of nitrogens with zero attached hydrogens (tertiary/aromatic N) is 1. The second-order valence-electron chi connectivity index (χ2n) is 3.55. The van der Waals surface area contributed by atoms with E-state index in [-0.39, 0.29) is 5.56 Å². The van der Waals surface area contributed by atoms with Gasteiger partial charge in [-0.25, -0.2) is 8.78 Å². The molecule has 9 heteroatoms. The number of benzene rings is 1. The van der Waals surface area contributed by atoms with Crippen LogP contribution in [0.5, 0.6) is 0 Å². The molecule has 3 nitrogen and oxygen atoms in total. The van der Waals surface area contributed by atoms with Crippen molar-refractivity contribution in [2.75, 3.05) is 0 Å². The van der Waals surface area contributed by atoms with Crippen LogP contribution in [-0.2, 0) is 11.2 Å². The molecule has 0 amide bonds. The van der Waals surface area contributed by atoms with Gasteiger partial charge < -0.3 is 5.11 Å². The SMILES string of the molecule is N#Cc1c(CC(=O)O)ccc(C(F)F)c1SC(F)(F)F. The summed E-state index contributed by atoms with van der Waals surface area (Å²) in [7, 11) is 0. The minimum Gasteiger partial charge on any atom is -0.481 e. The molecule has 0 aromatic heterocycles. The van der Waals surface area contributed by atoms with E-state index in [0.717, 1.165) is 6.07 Å². The number of halogens is 5. The van der Waals surface area contributed by atoms with Crippen molar-refractivity contribution in [3.8, 4) is 6.07 Å². The van der Waals surface area contributed by atoms with Crippen molar-refractivity contribution in [3.63, 3.8) is 0 Å². The van der Waals surface area contributed by atoms with E-state index in [2.05, 4.69) is 0 Å². The number of aliphatic carboxylic acids is 1. The molecular formula is C11H6F5NO2S. The molecule has 20 heavy (non-hydrogen) atoms. The summed E-state index contributed by atoms with van der Waals surface area (Å²) >= 11 is -0.847.